The number of amides is 1. The van der Waals surface area contributed by atoms with E-state index in [2.05, 4.69) is 5.10 Å². The topological polar surface area (TPSA) is 75.4 Å². The number of carbonyl (C=O) groups excluding carboxylic acids is 1. The Morgan fingerprint density at radius 1 is 1.32 bits per heavy atom. The van der Waals surface area contributed by atoms with Crippen molar-refractivity contribution >= 4 is 5.91 Å². The minimum Gasteiger partial charge on any atom is -0.395 e. The van der Waals surface area contributed by atoms with Gasteiger partial charge in [-0.05, 0) is 25.5 Å². The van der Waals surface area contributed by atoms with Crippen LogP contribution in [-0.2, 0) is 0 Å². The molecule has 6 nitrogen and oxygen atoms in total. The summed E-state index contributed by atoms with van der Waals surface area (Å²) in [5.41, 5.74) is -0.210. The van der Waals surface area contributed by atoms with Gasteiger partial charge in [0.05, 0.1) is 6.61 Å². The maximum Gasteiger partial charge on any atom is 0.278 e. The van der Waals surface area contributed by atoms with Crippen molar-refractivity contribution < 1.29 is 14.3 Å². The number of carbonyl (C=O) groups is 1. The Bertz CT molecular complexity index is 804. The lowest BCUT2D eigenvalue weighted by molar-refractivity contribution is 0.0710. The molecule has 25 heavy (non-hydrogen) atoms. The van der Waals surface area contributed by atoms with E-state index in [4.69, 9.17) is 5.11 Å². The minimum absolute atomic E-state index is 0.119. The largest absolute Gasteiger partial charge is 0.395 e. The number of nitrogens with zero attached hydrogens (tertiary/aromatic N) is 3. The first-order chi connectivity index (χ1) is 12.0. The molecule has 0 radical (unpaired) electrons. The van der Waals surface area contributed by atoms with Gasteiger partial charge in [0.15, 0.2) is 5.69 Å². The van der Waals surface area contributed by atoms with Crippen molar-refractivity contribution in [3.8, 4) is 5.69 Å². The molecule has 0 fully saturated rings. The van der Waals surface area contributed by atoms with Crippen LogP contribution in [0.25, 0.3) is 5.69 Å². The molecule has 0 saturated carbocycles. The van der Waals surface area contributed by atoms with Gasteiger partial charge in [-0.25, -0.2) is 9.07 Å². The van der Waals surface area contributed by atoms with Gasteiger partial charge < -0.3 is 10.0 Å². The number of aromatic nitrogens is 2. The number of hydrogen-bond acceptors (Lipinski definition) is 4. The van der Waals surface area contributed by atoms with Crippen LogP contribution < -0.4 is 5.43 Å². The van der Waals surface area contributed by atoms with Gasteiger partial charge in [0.1, 0.15) is 11.5 Å². The molecule has 0 aliphatic heterocycles. The van der Waals surface area contributed by atoms with Gasteiger partial charge in [0, 0.05) is 24.8 Å². The van der Waals surface area contributed by atoms with E-state index < -0.39 is 17.2 Å². The van der Waals surface area contributed by atoms with E-state index in [1.165, 1.54) is 27.8 Å². The molecule has 134 valence electrons. The zero-order valence-electron chi connectivity index (χ0n) is 14.4. The van der Waals surface area contributed by atoms with Crippen molar-refractivity contribution in [2.75, 3.05) is 19.7 Å². The molecule has 0 aliphatic carbocycles. The second-order valence-corrected chi connectivity index (χ2v) is 5.73. The SMILES string of the molecule is CCCCN(CCO)C(=O)c1nn(-c2ccccc2F)c(C)cc1=O. The van der Waals surface area contributed by atoms with Gasteiger partial charge >= 0.3 is 0 Å². The fourth-order valence-corrected chi connectivity index (χ4v) is 2.50. The zero-order chi connectivity index (χ0) is 18.4. The van der Waals surface area contributed by atoms with Gasteiger partial charge in [0.2, 0.25) is 5.43 Å². The molecule has 0 unspecified atom stereocenters. The molecule has 0 atom stereocenters. The van der Waals surface area contributed by atoms with Crippen molar-refractivity contribution in [1.29, 1.82) is 0 Å². The van der Waals surface area contributed by atoms with Gasteiger partial charge in [0.25, 0.3) is 5.91 Å². The van der Waals surface area contributed by atoms with Crippen molar-refractivity contribution in [3.63, 3.8) is 0 Å². The highest BCUT2D eigenvalue weighted by Gasteiger charge is 2.21. The van der Waals surface area contributed by atoms with Gasteiger partial charge in [-0.2, -0.15) is 5.10 Å². The number of para-hydroxylation sites is 1. The number of benzene rings is 1. The van der Waals surface area contributed by atoms with Crippen LogP contribution in [0.15, 0.2) is 35.1 Å². The second-order valence-electron chi connectivity index (χ2n) is 5.73. The molecule has 1 heterocycles. The fraction of sp³-hybridized carbons (Fsp3) is 0.389. The molecule has 1 N–H and O–H groups in total. The molecule has 2 rings (SSSR count). The van der Waals surface area contributed by atoms with Crippen molar-refractivity contribution in [2.24, 2.45) is 0 Å². The molecule has 1 aromatic carbocycles. The number of hydrogen-bond donors (Lipinski definition) is 1. The summed E-state index contributed by atoms with van der Waals surface area (Å²) in [6, 6.07) is 7.28. The predicted molar refractivity (Wildman–Crippen MR) is 92.4 cm³/mol. The fourth-order valence-electron chi connectivity index (χ4n) is 2.50. The molecule has 0 spiro atoms. The molecule has 1 amide bonds. The summed E-state index contributed by atoms with van der Waals surface area (Å²) in [6.45, 7) is 3.94. The highest BCUT2D eigenvalue weighted by molar-refractivity contribution is 5.92. The Morgan fingerprint density at radius 2 is 2.04 bits per heavy atom. The first-order valence-electron chi connectivity index (χ1n) is 8.25. The predicted octanol–water partition coefficient (Wildman–Crippen LogP) is 1.91. The van der Waals surface area contributed by atoms with Crippen LogP contribution >= 0.6 is 0 Å². The van der Waals surface area contributed by atoms with Gasteiger partial charge in [-0.1, -0.05) is 25.5 Å². The number of unbranched alkanes of at least 4 members (excludes halogenated alkanes) is 1. The van der Waals surface area contributed by atoms with Crippen LogP contribution in [0.1, 0.15) is 35.9 Å². The van der Waals surface area contributed by atoms with E-state index in [0.29, 0.717) is 12.2 Å². The molecule has 2 aromatic rings. The quantitative estimate of drug-likeness (QED) is 0.830. The van der Waals surface area contributed by atoms with E-state index in [1.54, 1.807) is 19.1 Å². The summed E-state index contributed by atoms with van der Waals surface area (Å²) >= 11 is 0. The molecule has 0 aliphatic rings. The monoisotopic (exact) mass is 347 g/mol. The normalized spacial score (nSPS) is 10.7. The van der Waals surface area contributed by atoms with Crippen LogP contribution in [0, 0.1) is 12.7 Å². The van der Waals surface area contributed by atoms with Crippen molar-refractivity contribution in [3.05, 3.63) is 57.8 Å². The van der Waals surface area contributed by atoms with E-state index in [-0.39, 0.29) is 24.5 Å². The van der Waals surface area contributed by atoms with E-state index in [0.717, 1.165) is 12.8 Å². The summed E-state index contributed by atoms with van der Waals surface area (Å²) in [5.74, 6) is -1.06. The van der Waals surface area contributed by atoms with E-state index >= 15 is 0 Å². The second kappa shape index (κ2) is 8.53. The van der Waals surface area contributed by atoms with Crippen LogP contribution in [-0.4, -0.2) is 45.4 Å². The number of rotatable bonds is 7. The number of halogens is 1. The minimum atomic E-state index is -0.558. The van der Waals surface area contributed by atoms with Crippen molar-refractivity contribution in [1.82, 2.24) is 14.7 Å². The summed E-state index contributed by atoms with van der Waals surface area (Å²) in [7, 11) is 0. The van der Waals surface area contributed by atoms with Gasteiger partial charge in [-0.3, -0.25) is 9.59 Å². The Balaban J connectivity index is 2.47. The molecule has 1 aromatic heterocycles. The lowest BCUT2D eigenvalue weighted by Gasteiger charge is -2.21. The van der Waals surface area contributed by atoms with E-state index in [9.17, 15) is 14.0 Å². The smallest absolute Gasteiger partial charge is 0.278 e. The highest BCUT2D eigenvalue weighted by Crippen LogP contribution is 2.13. The zero-order valence-corrected chi connectivity index (χ0v) is 14.4. The Morgan fingerprint density at radius 3 is 2.68 bits per heavy atom. The Hall–Kier alpha value is -2.54. The third kappa shape index (κ3) is 4.30. The number of aliphatic hydroxyl groups excluding tert-OH is 1. The van der Waals surface area contributed by atoms with Gasteiger partial charge in [-0.15, -0.1) is 0 Å². The molecule has 0 saturated heterocycles. The molecular formula is C18H22FN3O3. The standard InChI is InChI=1S/C18H22FN3O3/c1-3-4-9-21(10-11-23)18(25)17-16(24)12-13(2)22(20-17)15-8-6-5-7-14(15)19/h5-8,12,23H,3-4,9-11H2,1-2H3. The maximum atomic E-state index is 14.1. The third-order valence-electron chi connectivity index (χ3n) is 3.83. The Labute approximate surface area is 145 Å². The number of aliphatic hydroxyl groups is 1. The van der Waals surface area contributed by atoms with Crippen LogP contribution in [0.3, 0.4) is 0 Å². The molecular weight excluding hydrogens is 325 g/mol. The first-order valence-corrected chi connectivity index (χ1v) is 8.25. The average Bonchev–Trinajstić information content (AvgIpc) is 2.59. The maximum absolute atomic E-state index is 14.1. The first kappa shape index (κ1) is 18.8. The van der Waals surface area contributed by atoms with Crippen LogP contribution in [0.4, 0.5) is 4.39 Å². The summed E-state index contributed by atoms with van der Waals surface area (Å²) in [5, 5.41) is 13.3. The lowest BCUT2D eigenvalue weighted by Crippen LogP contribution is -2.38. The lowest BCUT2D eigenvalue weighted by atomic mass is 10.2. The van der Waals surface area contributed by atoms with Crippen LogP contribution in [0.2, 0.25) is 0 Å². The summed E-state index contributed by atoms with van der Waals surface area (Å²) in [4.78, 5) is 26.3. The van der Waals surface area contributed by atoms with Crippen LogP contribution in [0.5, 0.6) is 0 Å². The summed E-state index contributed by atoms with van der Waals surface area (Å²) in [6.07, 6.45) is 1.62. The highest BCUT2D eigenvalue weighted by atomic mass is 19.1. The average molecular weight is 347 g/mol. The number of aryl methyl sites for hydroxylation is 1. The molecule has 7 heteroatoms. The molecule has 0 bridgehead atoms. The third-order valence-corrected chi connectivity index (χ3v) is 3.83. The Kier molecular flexibility index (Phi) is 6.41. The summed E-state index contributed by atoms with van der Waals surface area (Å²) < 4.78 is 15.3. The van der Waals surface area contributed by atoms with E-state index in [1.807, 2.05) is 6.92 Å². The van der Waals surface area contributed by atoms with Crippen molar-refractivity contribution in [2.45, 2.75) is 26.7 Å².